The van der Waals surface area contributed by atoms with Gasteiger partial charge in [-0.3, -0.25) is 0 Å². The Labute approximate surface area is 120 Å². The highest BCUT2D eigenvalue weighted by atomic mass is 79.9. The van der Waals surface area contributed by atoms with Gasteiger partial charge in [0.1, 0.15) is 5.82 Å². The molecule has 2 N–H and O–H groups in total. The second-order valence-corrected chi connectivity index (χ2v) is 5.21. The summed E-state index contributed by atoms with van der Waals surface area (Å²) >= 11 is 3.34. The zero-order valence-corrected chi connectivity index (χ0v) is 12.1. The van der Waals surface area contributed by atoms with Gasteiger partial charge in [-0.05, 0) is 30.7 Å². The first kappa shape index (κ1) is 14.0. The number of para-hydroxylation sites is 1. The van der Waals surface area contributed by atoms with E-state index in [1.165, 1.54) is 12.1 Å². The zero-order valence-electron chi connectivity index (χ0n) is 10.5. The van der Waals surface area contributed by atoms with Crippen molar-refractivity contribution >= 4 is 21.6 Å². The van der Waals surface area contributed by atoms with Crippen molar-refractivity contribution < 1.29 is 9.50 Å². The van der Waals surface area contributed by atoms with Gasteiger partial charge >= 0.3 is 0 Å². The van der Waals surface area contributed by atoms with Crippen molar-refractivity contribution in [1.82, 2.24) is 0 Å². The molecular formula is C15H15BrFNO. The van der Waals surface area contributed by atoms with Crippen molar-refractivity contribution in [3.63, 3.8) is 0 Å². The summed E-state index contributed by atoms with van der Waals surface area (Å²) < 4.78 is 13.7. The van der Waals surface area contributed by atoms with Crippen LogP contribution in [0.2, 0.25) is 0 Å². The molecule has 0 fully saturated rings. The summed E-state index contributed by atoms with van der Waals surface area (Å²) in [6.45, 7) is 2.29. The highest BCUT2D eigenvalue weighted by molar-refractivity contribution is 9.10. The lowest BCUT2D eigenvalue weighted by molar-refractivity contribution is 0.200. The maximum atomic E-state index is 13.0. The Hall–Kier alpha value is -1.39. The van der Waals surface area contributed by atoms with Gasteiger partial charge in [0.2, 0.25) is 0 Å². The van der Waals surface area contributed by atoms with Crippen molar-refractivity contribution in [2.75, 3.05) is 5.32 Å². The number of rotatable bonds is 4. The molecule has 0 bridgehead atoms. The fraction of sp³-hybridized carbons (Fsp3) is 0.200. The van der Waals surface area contributed by atoms with Crippen LogP contribution in [-0.4, -0.2) is 5.11 Å². The third-order valence-corrected chi connectivity index (χ3v) is 3.63. The van der Waals surface area contributed by atoms with Crippen molar-refractivity contribution in [2.45, 2.75) is 19.6 Å². The maximum absolute atomic E-state index is 13.0. The molecular weight excluding hydrogens is 309 g/mol. The van der Waals surface area contributed by atoms with Crippen LogP contribution in [0.5, 0.6) is 0 Å². The number of nitrogens with one attached hydrogen (secondary N) is 1. The van der Waals surface area contributed by atoms with E-state index in [1.807, 2.05) is 24.3 Å². The Morgan fingerprint density at radius 1 is 1.26 bits per heavy atom. The van der Waals surface area contributed by atoms with Crippen LogP contribution < -0.4 is 5.32 Å². The molecule has 2 aromatic carbocycles. The number of aliphatic hydroxyl groups is 1. The van der Waals surface area contributed by atoms with Crippen LogP contribution in [0.3, 0.4) is 0 Å². The van der Waals surface area contributed by atoms with E-state index in [2.05, 4.69) is 21.2 Å². The van der Waals surface area contributed by atoms with Gasteiger partial charge in [-0.25, -0.2) is 4.39 Å². The number of hydrogen-bond donors (Lipinski definition) is 2. The number of anilines is 1. The van der Waals surface area contributed by atoms with Gasteiger partial charge in [-0.15, -0.1) is 0 Å². The standard InChI is InChI=1S/C15H15BrFNO/c1-10(19)13-4-2-3-5-15(13)18-9-11-6-7-12(17)8-14(11)16/h2-8,10,18-19H,9H2,1H3. The third-order valence-electron chi connectivity index (χ3n) is 2.90. The van der Waals surface area contributed by atoms with Gasteiger partial charge in [0, 0.05) is 22.3 Å². The maximum Gasteiger partial charge on any atom is 0.124 e. The van der Waals surface area contributed by atoms with Gasteiger partial charge in [0.15, 0.2) is 0 Å². The van der Waals surface area contributed by atoms with Gasteiger partial charge in [0.05, 0.1) is 6.10 Å². The van der Waals surface area contributed by atoms with Gasteiger partial charge in [-0.2, -0.15) is 0 Å². The SMILES string of the molecule is CC(O)c1ccccc1NCc1ccc(F)cc1Br. The summed E-state index contributed by atoms with van der Waals surface area (Å²) in [5.41, 5.74) is 2.69. The summed E-state index contributed by atoms with van der Waals surface area (Å²) in [7, 11) is 0. The molecule has 0 amide bonds. The van der Waals surface area contributed by atoms with E-state index in [0.29, 0.717) is 6.54 Å². The number of hydrogen-bond acceptors (Lipinski definition) is 2. The molecule has 2 aromatic rings. The highest BCUT2D eigenvalue weighted by Crippen LogP contribution is 2.24. The summed E-state index contributed by atoms with van der Waals surface area (Å²) in [5, 5.41) is 13.0. The largest absolute Gasteiger partial charge is 0.389 e. The first-order valence-corrected chi connectivity index (χ1v) is 6.82. The Bertz CT molecular complexity index is 572. The molecule has 0 radical (unpaired) electrons. The predicted octanol–water partition coefficient (Wildman–Crippen LogP) is 4.25. The van der Waals surface area contributed by atoms with Crippen LogP contribution in [0.4, 0.5) is 10.1 Å². The quantitative estimate of drug-likeness (QED) is 0.881. The average molecular weight is 324 g/mol. The van der Waals surface area contributed by atoms with Crippen LogP contribution in [0.1, 0.15) is 24.2 Å². The molecule has 19 heavy (non-hydrogen) atoms. The van der Waals surface area contributed by atoms with Crippen molar-refractivity contribution in [2.24, 2.45) is 0 Å². The van der Waals surface area contributed by atoms with E-state index in [9.17, 15) is 9.50 Å². The van der Waals surface area contributed by atoms with E-state index < -0.39 is 6.10 Å². The second kappa shape index (κ2) is 6.17. The van der Waals surface area contributed by atoms with Crippen LogP contribution in [-0.2, 0) is 6.54 Å². The minimum absolute atomic E-state index is 0.264. The monoisotopic (exact) mass is 323 g/mol. The van der Waals surface area contributed by atoms with Crippen LogP contribution >= 0.6 is 15.9 Å². The Kier molecular flexibility index (Phi) is 4.56. The summed E-state index contributed by atoms with van der Waals surface area (Å²) in [5.74, 6) is -0.264. The Morgan fingerprint density at radius 3 is 2.68 bits per heavy atom. The van der Waals surface area contributed by atoms with Crippen LogP contribution in [0.25, 0.3) is 0 Å². The third kappa shape index (κ3) is 3.55. The fourth-order valence-electron chi connectivity index (χ4n) is 1.88. The molecule has 4 heteroatoms. The molecule has 2 nitrogen and oxygen atoms in total. The molecule has 0 saturated heterocycles. The highest BCUT2D eigenvalue weighted by Gasteiger charge is 2.07. The minimum atomic E-state index is -0.527. The molecule has 0 spiro atoms. The molecule has 0 aliphatic rings. The summed E-state index contributed by atoms with van der Waals surface area (Å²) in [6.07, 6.45) is -0.527. The predicted molar refractivity (Wildman–Crippen MR) is 78.5 cm³/mol. The lowest BCUT2D eigenvalue weighted by atomic mass is 10.1. The van der Waals surface area contributed by atoms with Crippen molar-refractivity contribution in [3.05, 3.63) is 63.9 Å². The molecule has 0 aromatic heterocycles. The van der Waals surface area contributed by atoms with E-state index in [1.54, 1.807) is 13.0 Å². The molecule has 100 valence electrons. The molecule has 1 atom stereocenters. The van der Waals surface area contributed by atoms with Crippen molar-refractivity contribution in [3.8, 4) is 0 Å². The first-order valence-electron chi connectivity index (χ1n) is 6.02. The van der Waals surface area contributed by atoms with E-state index in [-0.39, 0.29) is 5.82 Å². The van der Waals surface area contributed by atoms with E-state index >= 15 is 0 Å². The minimum Gasteiger partial charge on any atom is -0.389 e. The van der Waals surface area contributed by atoms with E-state index in [4.69, 9.17) is 0 Å². The lowest BCUT2D eigenvalue weighted by Crippen LogP contribution is -2.04. The van der Waals surface area contributed by atoms with Crippen molar-refractivity contribution in [1.29, 1.82) is 0 Å². The van der Waals surface area contributed by atoms with E-state index in [0.717, 1.165) is 21.3 Å². The van der Waals surface area contributed by atoms with Gasteiger partial charge in [0.25, 0.3) is 0 Å². The lowest BCUT2D eigenvalue weighted by Gasteiger charge is -2.14. The molecule has 0 aliphatic carbocycles. The Balaban J connectivity index is 2.14. The average Bonchev–Trinajstić information content (AvgIpc) is 2.38. The summed E-state index contributed by atoms with van der Waals surface area (Å²) in [6, 6.07) is 12.2. The van der Waals surface area contributed by atoms with Gasteiger partial charge in [-0.1, -0.05) is 40.2 Å². The van der Waals surface area contributed by atoms with Crippen LogP contribution in [0, 0.1) is 5.82 Å². The van der Waals surface area contributed by atoms with Gasteiger partial charge < -0.3 is 10.4 Å². The molecule has 0 heterocycles. The number of halogens is 2. The number of aliphatic hydroxyl groups excluding tert-OH is 1. The fourth-order valence-corrected chi connectivity index (χ4v) is 2.37. The molecule has 2 rings (SSSR count). The molecule has 0 saturated carbocycles. The topological polar surface area (TPSA) is 32.3 Å². The van der Waals surface area contributed by atoms with Crippen LogP contribution in [0.15, 0.2) is 46.9 Å². The summed E-state index contributed by atoms with van der Waals surface area (Å²) in [4.78, 5) is 0. The smallest absolute Gasteiger partial charge is 0.124 e. The number of benzene rings is 2. The first-order chi connectivity index (χ1) is 9.08. The Morgan fingerprint density at radius 2 is 2.00 bits per heavy atom. The molecule has 0 aliphatic heterocycles. The zero-order chi connectivity index (χ0) is 13.8. The second-order valence-electron chi connectivity index (χ2n) is 4.35. The normalized spacial score (nSPS) is 12.2. The molecule has 1 unspecified atom stereocenters.